The molecule has 1 fully saturated rings. The van der Waals surface area contributed by atoms with Gasteiger partial charge in [0.1, 0.15) is 17.5 Å². The second kappa shape index (κ2) is 6.89. The van der Waals surface area contributed by atoms with Crippen LogP contribution < -0.4 is 10.2 Å². The van der Waals surface area contributed by atoms with Crippen molar-refractivity contribution in [2.75, 3.05) is 16.8 Å². The first kappa shape index (κ1) is 15.6. The first-order valence-corrected chi connectivity index (χ1v) is 7.99. The summed E-state index contributed by atoms with van der Waals surface area (Å²) in [7, 11) is 0. The molecule has 0 saturated carbocycles. The Labute approximate surface area is 134 Å². The van der Waals surface area contributed by atoms with Crippen molar-refractivity contribution < 1.29 is 8.78 Å². The zero-order valence-electron chi connectivity index (χ0n) is 13.1. The van der Waals surface area contributed by atoms with Crippen LogP contribution in [-0.2, 0) is 0 Å². The summed E-state index contributed by atoms with van der Waals surface area (Å²) in [6.07, 6.45) is 6.28. The molecular weight excluding hydrogens is 298 g/mol. The molecule has 0 aliphatic carbocycles. The van der Waals surface area contributed by atoms with Crippen LogP contribution in [0.3, 0.4) is 0 Å². The highest BCUT2D eigenvalue weighted by Crippen LogP contribution is 2.26. The Morgan fingerprint density at radius 2 is 2.13 bits per heavy atom. The number of nitrogens with one attached hydrogen (secondary N) is 1. The standard InChI is InChI=1S/C17H20F2N4/c1-2-13-5-3-4-10-23(13)16-8-9-20-17(22-16)21-15-7-6-12(18)11-14(15)19/h6-9,11,13H,2-5,10H2,1H3,(H,20,21,22). The van der Waals surface area contributed by atoms with Crippen LogP contribution >= 0.6 is 0 Å². The number of nitrogens with zero attached hydrogens (tertiary/aromatic N) is 3. The van der Waals surface area contributed by atoms with Crippen LogP contribution in [0.5, 0.6) is 0 Å². The predicted molar refractivity (Wildman–Crippen MR) is 86.9 cm³/mol. The van der Waals surface area contributed by atoms with Crippen LogP contribution in [0.25, 0.3) is 0 Å². The average Bonchev–Trinajstić information content (AvgIpc) is 2.58. The highest BCUT2D eigenvalue weighted by atomic mass is 19.1. The van der Waals surface area contributed by atoms with Gasteiger partial charge in [0.2, 0.25) is 5.95 Å². The van der Waals surface area contributed by atoms with Crippen molar-refractivity contribution in [2.45, 2.75) is 38.6 Å². The van der Waals surface area contributed by atoms with E-state index in [1.807, 2.05) is 6.07 Å². The van der Waals surface area contributed by atoms with E-state index in [0.29, 0.717) is 12.0 Å². The lowest BCUT2D eigenvalue weighted by Gasteiger charge is -2.36. The Kier molecular flexibility index (Phi) is 4.69. The lowest BCUT2D eigenvalue weighted by molar-refractivity contribution is 0.447. The van der Waals surface area contributed by atoms with Crippen molar-refractivity contribution in [1.29, 1.82) is 0 Å². The topological polar surface area (TPSA) is 41.1 Å². The van der Waals surface area contributed by atoms with E-state index in [-0.39, 0.29) is 5.69 Å². The molecule has 2 aromatic rings. The minimum Gasteiger partial charge on any atom is -0.353 e. The van der Waals surface area contributed by atoms with E-state index in [0.717, 1.165) is 37.7 Å². The van der Waals surface area contributed by atoms with Gasteiger partial charge < -0.3 is 10.2 Å². The molecule has 0 radical (unpaired) electrons. The van der Waals surface area contributed by atoms with Gasteiger partial charge >= 0.3 is 0 Å². The quantitative estimate of drug-likeness (QED) is 0.914. The van der Waals surface area contributed by atoms with E-state index in [4.69, 9.17) is 0 Å². The van der Waals surface area contributed by atoms with E-state index in [1.54, 1.807) is 6.20 Å². The van der Waals surface area contributed by atoms with Crippen molar-refractivity contribution in [3.63, 3.8) is 0 Å². The summed E-state index contributed by atoms with van der Waals surface area (Å²) in [6, 6.07) is 5.74. The van der Waals surface area contributed by atoms with Crippen LogP contribution in [0.1, 0.15) is 32.6 Å². The Bertz CT molecular complexity index is 677. The van der Waals surface area contributed by atoms with E-state index in [9.17, 15) is 8.78 Å². The maximum Gasteiger partial charge on any atom is 0.229 e. The third-order valence-electron chi connectivity index (χ3n) is 4.21. The summed E-state index contributed by atoms with van der Waals surface area (Å²) in [4.78, 5) is 10.9. The zero-order chi connectivity index (χ0) is 16.2. The van der Waals surface area contributed by atoms with Crippen molar-refractivity contribution in [3.05, 3.63) is 42.1 Å². The van der Waals surface area contributed by atoms with Crippen molar-refractivity contribution >= 4 is 17.5 Å². The highest BCUT2D eigenvalue weighted by molar-refractivity contribution is 5.56. The van der Waals surface area contributed by atoms with Crippen LogP contribution in [0.4, 0.5) is 26.2 Å². The van der Waals surface area contributed by atoms with Gasteiger partial charge in [-0.25, -0.2) is 13.8 Å². The van der Waals surface area contributed by atoms with Gasteiger partial charge in [0.15, 0.2) is 0 Å². The first-order chi connectivity index (χ1) is 11.2. The van der Waals surface area contributed by atoms with Gasteiger partial charge in [0.05, 0.1) is 5.69 Å². The molecule has 122 valence electrons. The van der Waals surface area contributed by atoms with E-state index < -0.39 is 11.6 Å². The molecule has 6 heteroatoms. The summed E-state index contributed by atoms with van der Waals surface area (Å²) in [5, 5.41) is 2.82. The smallest absolute Gasteiger partial charge is 0.229 e. The second-order valence-electron chi connectivity index (χ2n) is 5.74. The molecule has 1 saturated heterocycles. The number of anilines is 3. The molecule has 1 N–H and O–H groups in total. The van der Waals surface area contributed by atoms with Gasteiger partial charge in [0.25, 0.3) is 0 Å². The predicted octanol–water partition coefficient (Wildman–Crippen LogP) is 4.27. The lowest BCUT2D eigenvalue weighted by atomic mass is 10.0. The van der Waals surface area contributed by atoms with E-state index in [2.05, 4.69) is 27.1 Å². The maximum absolute atomic E-state index is 13.7. The van der Waals surface area contributed by atoms with Gasteiger partial charge in [-0.05, 0) is 43.9 Å². The normalized spacial score (nSPS) is 18.0. The summed E-state index contributed by atoms with van der Waals surface area (Å²) in [6.45, 7) is 3.15. The van der Waals surface area contributed by atoms with Crippen molar-refractivity contribution in [1.82, 2.24) is 9.97 Å². The summed E-state index contributed by atoms with van der Waals surface area (Å²) < 4.78 is 26.7. The third-order valence-corrected chi connectivity index (χ3v) is 4.21. The number of rotatable bonds is 4. The molecule has 1 aliphatic heterocycles. The Morgan fingerprint density at radius 1 is 1.26 bits per heavy atom. The molecule has 1 unspecified atom stereocenters. The Morgan fingerprint density at radius 3 is 2.91 bits per heavy atom. The summed E-state index contributed by atoms with van der Waals surface area (Å²) in [5.74, 6) is -0.116. The van der Waals surface area contributed by atoms with Crippen LogP contribution in [0.15, 0.2) is 30.5 Å². The number of benzene rings is 1. The van der Waals surface area contributed by atoms with E-state index in [1.165, 1.54) is 18.6 Å². The zero-order valence-corrected chi connectivity index (χ0v) is 13.1. The molecule has 23 heavy (non-hydrogen) atoms. The molecule has 1 aliphatic rings. The fourth-order valence-electron chi connectivity index (χ4n) is 3.01. The third kappa shape index (κ3) is 3.57. The minimum absolute atomic E-state index is 0.161. The molecule has 1 aromatic carbocycles. The van der Waals surface area contributed by atoms with Crippen molar-refractivity contribution in [3.8, 4) is 0 Å². The fraction of sp³-hybridized carbons (Fsp3) is 0.412. The summed E-state index contributed by atoms with van der Waals surface area (Å²) in [5.41, 5.74) is 0.161. The van der Waals surface area contributed by atoms with E-state index >= 15 is 0 Å². The van der Waals surface area contributed by atoms with Gasteiger partial charge in [-0.15, -0.1) is 0 Å². The SMILES string of the molecule is CCC1CCCCN1c1ccnc(Nc2ccc(F)cc2F)n1. The molecule has 0 bridgehead atoms. The molecule has 3 rings (SSSR count). The highest BCUT2D eigenvalue weighted by Gasteiger charge is 2.22. The monoisotopic (exact) mass is 318 g/mol. The molecule has 0 spiro atoms. The Hall–Kier alpha value is -2.24. The van der Waals surface area contributed by atoms with Gasteiger partial charge in [-0.1, -0.05) is 6.92 Å². The number of aromatic nitrogens is 2. The van der Waals surface area contributed by atoms with Crippen LogP contribution in [-0.4, -0.2) is 22.6 Å². The summed E-state index contributed by atoms with van der Waals surface area (Å²) >= 11 is 0. The molecule has 0 amide bonds. The van der Waals surface area contributed by atoms with Gasteiger partial charge in [-0.3, -0.25) is 0 Å². The minimum atomic E-state index is -0.664. The first-order valence-electron chi connectivity index (χ1n) is 7.99. The van der Waals surface area contributed by atoms with Gasteiger partial charge in [0, 0.05) is 24.8 Å². The lowest BCUT2D eigenvalue weighted by Crippen LogP contribution is -2.39. The number of halogens is 2. The largest absolute Gasteiger partial charge is 0.353 e. The fourth-order valence-corrected chi connectivity index (χ4v) is 3.01. The van der Waals surface area contributed by atoms with Gasteiger partial charge in [-0.2, -0.15) is 4.98 Å². The second-order valence-corrected chi connectivity index (χ2v) is 5.74. The molecule has 1 aromatic heterocycles. The average molecular weight is 318 g/mol. The molecular formula is C17H20F2N4. The van der Waals surface area contributed by atoms with Crippen molar-refractivity contribution in [2.24, 2.45) is 0 Å². The van der Waals surface area contributed by atoms with Crippen LogP contribution in [0, 0.1) is 11.6 Å². The number of hydrogen-bond acceptors (Lipinski definition) is 4. The Balaban J connectivity index is 1.82. The molecule has 2 heterocycles. The van der Waals surface area contributed by atoms with Crippen LogP contribution in [0.2, 0.25) is 0 Å². The number of piperidine rings is 1. The molecule has 4 nitrogen and oxygen atoms in total. The number of hydrogen-bond donors (Lipinski definition) is 1. The maximum atomic E-state index is 13.7. The molecule has 1 atom stereocenters.